The molecule has 0 aromatic heterocycles. The molecule has 25 heavy (non-hydrogen) atoms. The van der Waals surface area contributed by atoms with Crippen LogP contribution in [0.5, 0.6) is 0 Å². The molecule has 0 aliphatic rings. The summed E-state index contributed by atoms with van der Waals surface area (Å²) in [5, 5.41) is 2.75. The summed E-state index contributed by atoms with van der Waals surface area (Å²) in [5.74, 6) is 0. The molecule has 0 fully saturated rings. The Balaban J connectivity index is 0.000000385. The Labute approximate surface area is 155 Å². The molecule has 0 aliphatic carbocycles. The Morgan fingerprint density at radius 3 is 1.12 bits per heavy atom. The number of benzene rings is 3. The van der Waals surface area contributed by atoms with Crippen LogP contribution in [0.2, 0.25) is 0 Å². The standard InChI is InChI=1S/C12H12.C8H10.C3H8.C2H6/c1-9-5-3-7-11-8-4-6-10(2)12(9)11;1-7-5-3-4-6-8(7)2;1-3-2;1-2/h3-8H,1-2H3;3-6H,1-2H3;3H2,1-2H3;1-2H3. The minimum Gasteiger partial charge on any atom is -0.0683 e. The van der Waals surface area contributed by atoms with E-state index >= 15 is 0 Å². The highest BCUT2D eigenvalue weighted by atomic mass is 14.0. The fourth-order valence-electron chi connectivity index (χ4n) is 2.41. The lowest BCUT2D eigenvalue weighted by Crippen LogP contribution is -1.81. The Bertz CT molecular complexity index is 665. The zero-order valence-electron chi connectivity index (χ0n) is 17.5. The van der Waals surface area contributed by atoms with E-state index in [1.54, 1.807) is 0 Å². The third-order valence-corrected chi connectivity index (χ3v) is 3.75. The molecule has 136 valence electrons. The molecule has 0 atom stereocenters. The van der Waals surface area contributed by atoms with Crippen molar-refractivity contribution in [2.75, 3.05) is 0 Å². The van der Waals surface area contributed by atoms with Gasteiger partial charge >= 0.3 is 0 Å². The van der Waals surface area contributed by atoms with E-state index in [1.807, 2.05) is 13.8 Å². The number of aryl methyl sites for hydroxylation is 4. The van der Waals surface area contributed by atoms with Gasteiger partial charge in [-0.2, -0.15) is 0 Å². The first-order valence-corrected chi connectivity index (χ1v) is 9.48. The summed E-state index contributed by atoms with van der Waals surface area (Å²) < 4.78 is 0. The van der Waals surface area contributed by atoms with Crippen LogP contribution < -0.4 is 0 Å². The predicted octanol–water partition coefficient (Wildman–Crippen LogP) is 8.20. The van der Waals surface area contributed by atoms with Crippen LogP contribution in [0.1, 0.15) is 56.4 Å². The predicted molar refractivity (Wildman–Crippen MR) is 117 cm³/mol. The van der Waals surface area contributed by atoms with Crippen molar-refractivity contribution < 1.29 is 0 Å². The summed E-state index contributed by atoms with van der Waals surface area (Å²) in [4.78, 5) is 0. The minimum absolute atomic E-state index is 1.25. The molecule has 0 radical (unpaired) electrons. The lowest BCUT2D eigenvalue weighted by Gasteiger charge is -2.04. The van der Waals surface area contributed by atoms with Gasteiger partial charge in [-0.1, -0.05) is 94.8 Å². The van der Waals surface area contributed by atoms with Gasteiger partial charge < -0.3 is 0 Å². The van der Waals surface area contributed by atoms with Gasteiger partial charge in [-0.3, -0.25) is 0 Å². The van der Waals surface area contributed by atoms with Gasteiger partial charge in [0.1, 0.15) is 0 Å². The normalized spacial score (nSPS) is 8.96. The first kappa shape index (κ1) is 22.9. The maximum Gasteiger partial charge on any atom is -0.0125 e. The van der Waals surface area contributed by atoms with Crippen molar-refractivity contribution in [3.8, 4) is 0 Å². The molecule has 0 heterocycles. The molecule has 0 nitrogen and oxygen atoms in total. The fourth-order valence-corrected chi connectivity index (χ4v) is 2.41. The summed E-state index contributed by atoms with van der Waals surface area (Å²) in [5.41, 5.74) is 5.47. The topological polar surface area (TPSA) is 0 Å². The van der Waals surface area contributed by atoms with Gasteiger partial charge in [0, 0.05) is 0 Å². The van der Waals surface area contributed by atoms with Crippen molar-refractivity contribution in [2.45, 2.75) is 61.8 Å². The Kier molecular flexibility index (Phi) is 12.1. The number of hydrogen-bond acceptors (Lipinski definition) is 0. The smallest absolute Gasteiger partial charge is 0.0125 e. The maximum atomic E-state index is 2.16. The van der Waals surface area contributed by atoms with Gasteiger partial charge in [-0.15, -0.1) is 0 Å². The van der Waals surface area contributed by atoms with Gasteiger partial charge in [0.15, 0.2) is 0 Å². The van der Waals surface area contributed by atoms with E-state index in [2.05, 4.69) is 102 Å². The second-order valence-electron chi connectivity index (χ2n) is 6.04. The third kappa shape index (κ3) is 8.03. The largest absolute Gasteiger partial charge is 0.0683 e. The molecule has 0 N–H and O–H groups in total. The molecular formula is C25H36. The molecule has 3 rings (SSSR count). The SMILES string of the molecule is CC.CCC.Cc1cccc2cccc(C)c12.Cc1ccccc1C. The summed E-state index contributed by atoms with van der Waals surface area (Å²) in [6.45, 7) is 16.8. The number of fused-ring (bicyclic) bond motifs is 1. The summed E-state index contributed by atoms with van der Waals surface area (Å²) in [7, 11) is 0. The van der Waals surface area contributed by atoms with Gasteiger partial charge in [0.05, 0.1) is 0 Å². The Hall–Kier alpha value is -2.08. The van der Waals surface area contributed by atoms with Crippen molar-refractivity contribution in [1.82, 2.24) is 0 Å². The van der Waals surface area contributed by atoms with Gasteiger partial charge in [-0.25, -0.2) is 0 Å². The lowest BCUT2D eigenvalue weighted by atomic mass is 10.0. The van der Waals surface area contributed by atoms with Crippen LogP contribution in [0.15, 0.2) is 60.7 Å². The van der Waals surface area contributed by atoms with Gasteiger partial charge in [0.2, 0.25) is 0 Å². The first-order chi connectivity index (χ1) is 12.0. The highest BCUT2D eigenvalue weighted by molar-refractivity contribution is 5.88. The summed E-state index contributed by atoms with van der Waals surface area (Å²) in [6, 6.07) is 21.2. The van der Waals surface area contributed by atoms with Crippen LogP contribution in [0.3, 0.4) is 0 Å². The molecule has 0 unspecified atom stereocenters. The van der Waals surface area contributed by atoms with E-state index in [-0.39, 0.29) is 0 Å². The minimum atomic E-state index is 1.25. The van der Waals surface area contributed by atoms with Crippen molar-refractivity contribution in [3.05, 3.63) is 82.9 Å². The van der Waals surface area contributed by atoms with Crippen LogP contribution in [0.25, 0.3) is 10.8 Å². The Morgan fingerprint density at radius 2 is 0.840 bits per heavy atom. The second-order valence-corrected chi connectivity index (χ2v) is 6.04. The van der Waals surface area contributed by atoms with E-state index in [4.69, 9.17) is 0 Å². The quantitative estimate of drug-likeness (QED) is 0.388. The molecule has 0 heteroatoms. The van der Waals surface area contributed by atoms with Crippen molar-refractivity contribution in [3.63, 3.8) is 0 Å². The molecule has 0 spiro atoms. The number of hydrogen-bond donors (Lipinski definition) is 0. The second kappa shape index (κ2) is 13.2. The Morgan fingerprint density at radius 1 is 0.520 bits per heavy atom. The summed E-state index contributed by atoms with van der Waals surface area (Å²) >= 11 is 0. The zero-order valence-corrected chi connectivity index (χ0v) is 17.5. The van der Waals surface area contributed by atoms with E-state index in [9.17, 15) is 0 Å². The van der Waals surface area contributed by atoms with Gasteiger partial charge in [0.25, 0.3) is 0 Å². The van der Waals surface area contributed by atoms with E-state index in [0.717, 1.165) is 0 Å². The fraction of sp³-hybridized carbons (Fsp3) is 0.360. The van der Waals surface area contributed by atoms with Crippen LogP contribution >= 0.6 is 0 Å². The average Bonchev–Trinajstić information content (AvgIpc) is 2.61. The molecule has 0 bridgehead atoms. The van der Waals surface area contributed by atoms with Crippen LogP contribution in [-0.4, -0.2) is 0 Å². The van der Waals surface area contributed by atoms with Crippen molar-refractivity contribution >= 4 is 10.8 Å². The molecule has 0 saturated carbocycles. The zero-order chi connectivity index (χ0) is 19.2. The van der Waals surface area contributed by atoms with Crippen molar-refractivity contribution in [1.29, 1.82) is 0 Å². The molecular weight excluding hydrogens is 300 g/mol. The molecule has 0 saturated heterocycles. The van der Waals surface area contributed by atoms with Crippen LogP contribution in [0.4, 0.5) is 0 Å². The third-order valence-electron chi connectivity index (χ3n) is 3.75. The van der Waals surface area contributed by atoms with E-state index in [0.29, 0.717) is 0 Å². The molecule has 3 aromatic rings. The maximum absolute atomic E-state index is 2.16. The highest BCUT2D eigenvalue weighted by Gasteiger charge is 1.97. The van der Waals surface area contributed by atoms with E-state index in [1.165, 1.54) is 39.4 Å². The first-order valence-electron chi connectivity index (χ1n) is 9.48. The molecule has 0 amide bonds. The summed E-state index contributed by atoms with van der Waals surface area (Å²) in [6.07, 6.45) is 1.25. The van der Waals surface area contributed by atoms with Gasteiger partial charge in [-0.05, 0) is 60.7 Å². The van der Waals surface area contributed by atoms with Crippen LogP contribution in [0, 0.1) is 27.7 Å². The van der Waals surface area contributed by atoms with Crippen LogP contribution in [-0.2, 0) is 0 Å². The monoisotopic (exact) mass is 336 g/mol. The molecule has 0 aliphatic heterocycles. The number of rotatable bonds is 0. The molecule has 3 aromatic carbocycles. The average molecular weight is 337 g/mol. The van der Waals surface area contributed by atoms with E-state index < -0.39 is 0 Å². The van der Waals surface area contributed by atoms with Crippen molar-refractivity contribution in [2.24, 2.45) is 0 Å². The highest BCUT2D eigenvalue weighted by Crippen LogP contribution is 2.21. The lowest BCUT2D eigenvalue weighted by molar-refractivity contribution is 1.09.